The van der Waals surface area contributed by atoms with Gasteiger partial charge in [0.1, 0.15) is 11.5 Å². The summed E-state index contributed by atoms with van der Waals surface area (Å²) >= 11 is 0. The Bertz CT molecular complexity index is 568. The smallest absolute Gasteiger partial charge is 0.216 e. The van der Waals surface area contributed by atoms with Crippen molar-refractivity contribution in [3.05, 3.63) is 53.6 Å². The Morgan fingerprint density at radius 1 is 0.944 bits per heavy atom. The molecule has 0 fully saturated rings. The van der Waals surface area contributed by atoms with Gasteiger partial charge in [0.05, 0.1) is 0 Å². The van der Waals surface area contributed by atoms with E-state index in [4.69, 9.17) is 4.74 Å². The molecule has 2 aromatic rings. The second-order valence-electron chi connectivity index (χ2n) is 4.55. The van der Waals surface area contributed by atoms with Gasteiger partial charge in [0.15, 0.2) is 0 Å². The maximum absolute atomic E-state index is 13.0. The molecule has 1 heterocycles. The van der Waals surface area contributed by atoms with Crippen LogP contribution in [0.25, 0.3) is 0 Å². The van der Waals surface area contributed by atoms with E-state index < -0.39 is 5.95 Å². The van der Waals surface area contributed by atoms with Crippen LogP contribution in [0, 0.1) is 5.95 Å². The molecular weight excluding hydrogens is 229 g/mol. The Morgan fingerprint density at radius 3 is 2.56 bits per heavy atom. The summed E-state index contributed by atoms with van der Waals surface area (Å²) in [5, 5.41) is 0. The maximum Gasteiger partial charge on any atom is 0.216 e. The van der Waals surface area contributed by atoms with Gasteiger partial charge in [-0.15, -0.1) is 0 Å². The van der Waals surface area contributed by atoms with E-state index in [1.807, 2.05) is 6.07 Å². The molecule has 0 saturated carbocycles. The van der Waals surface area contributed by atoms with Gasteiger partial charge in [0, 0.05) is 12.3 Å². The second-order valence-corrected chi connectivity index (χ2v) is 4.55. The molecule has 0 bridgehead atoms. The van der Waals surface area contributed by atoms with Crippen molar-refractivity contribution in [3.8, 4) is 11.5 Å². The number of aryl methyl sites for hydroxylation is 2. The molecule has 3 rings (SSSR count). The van der Waals surface area contributed by atoms with Crippen molar-refractivity contribution in [1.82, 2.24) is 4.98 Å². The highest BCUT2D eigenvalue weighted by molar-refractivity contribution is 5.39. The number of hydrogen-bond acceptors (Lipinski definition) is 2. The van der Waals surface area contributed by atoms with Crippen molar-refractivity contribution in [2.45, 2.75) is 25.7 Å². The quantitative estimate of drug-likeness (QED) is 0.746. The number of halogens is 1. The monoisotopic (exact) mass is 243 g/mol. The van der Waals surface area contributed by atoms with Crippen molar-refractivity contribution < 1.29 is 9.13 Å². The number of hydrogen-bond donors (Lipinski definition) is 0. The SMILES string of the molecule is Fc1cc(Oc2ccc3c(c2)CCCC3)ccn1. The molecule has 1 aromatic heterocycles. The lowest BCUT2D eigenvalue weighted by Gasteiger charge is -2.16. The number of benzene rings is 1. The molecule has 0 spiro atoms. The van der Waals surface area contributed by atoms with Gasteiger partial charge in [-0.05, 0) is 55.0 Å². The molecule has 1 aliphatic rings. The van der Waals surface area contributed by atoms with Gasteiger partial charge in [-0.25, -0.2) is 4.98 Å². The number of fused-ring (bicyclic) bond motifs is 1. The number of nitrogens with zero attached hydrogens (tertiary/aromatic N) is 1. The van der Waals surface area contributed by atoms with E-state index in [9.17, 15) is 4.39 Å². The van der Waals surface area contributed by atoms with E-state index in [2.05, 4.69) is 17.1 Å². The molecule has 0 N–H and O–H groups in total. The zero-order chi connectivity index (χ0) is 12.4. The molecule has 0 saturated heterocycles. The van der Waals surface area contributed by atoms with Crippen LogP contribution < -0.4 is 4.74 Å². The summed E-state index contributed by atoms with van der Waals surface area (Å²) in [6.07, 6.45) is 6.17. The third kappa shape index (κ3) is 2.35. The summed E-state index contributed by atoms with van der Waals surface area (Å²) in [5.74, 6) is 0.727. The third-order valence-corrected chi connectivity index (χ3v) is 3.25. The summed E-state index contributed by atoms with van der Waals surface area (Å²) < 4.78 is 18.6. The predicted octanol–water partition coefficient (Wildman–Crippen LogP) is 3.89. The normalized spacial score (nSPS) is 14.1. The third-order valence-electron chi connectivity index (χ3n) is 3.25. The fourth-order valence-corrected chi connectivity index (χ4v) is 2.36. The molecule has 0 radical (unpaired) electrons. The molecule has 1 aliphatic carbocycles. The first-order chi connectivity index (χ1) is 8.81. The Kier molecular flexibility index (Phi) is 2.97. The van der Waals surface area contributed by atoms with E-state index in [0.29, 0.717) is 5.75 Å². The lowest BCUT2D eigenvalue weighted by Crippen LogP contribution is -2.02. The van der Waals surface area contributed by atoms with Gasteiger partial charge in [-0.2, -0.15) is 4.39 Å². The van der Waals surface area contributed by atoms with Gasteiger partial charge in [0.2, 0.25) is 5.95 Å². The van der Waals surface area contributed by atoms with Gasteiger partial charge < -0.3 is 4.74 Å². The Balaban J connectivity index is 1.85. The zero-order valence-electron chi connectivity index (χ0n) is 10.0. The van der Waals surface area contributed by atoms with Crippen LogP contribution >= 0.6 is 0 Å². The highest BCUT2D eigenvalue weighted by Crippen LogP contribution is 2.28. The van der Waals surface area contributed by atoms with Gasteiger partial charge in [-0.3, -0.25) is 0 Å². The molecule has 18 heavy (non-hydrogen) atoms. The van der Waals surface area contributed by atoms with Crippen molar-refractivity contribution in [2.75, 3.05) is 0 Å². The first kappa shape index (κ1) is 11.2. The molecule has 92 valence electrons. The summed E-state index contributed by atoms with van der Waals surface area (Å²) in [5.41, 5.74) is 2.77. The number of pyridine rings is 1. The average Bonchev–Trinajstić information content (AvgIpc) is 2.39. The minimum Gasteiger partial charge on any atom is -0.457 e. The van der Waals surface area contributed by atoms with Crippen molar-refractivity contribution in [3.63, 3.8) is 0 Å². The second kappa shape index (κ2) is 4.77. The highest BCUT2D eigenvalue weighted by atomic mass is 19.1. The topological polar surface area (TPSA) is 22.1 Å². The summed E-state index contributed by atoms with van der Waals surface area (Å²) in [6.45, 7) is 0. The summed E-state index contributed by atoms with van der Waals surface area (Å²) in [7, 11) is 0. The van der Waals surface area contributed by atoms with Crippen LogP contribution in [0.5, 0.6) is 11.5 Å². The maximum atomic E-state index is 13.0. The van der Waals surface area contributed by atoms with Crippen LogP contribution in [0.15, 0.2) is 36.5 Å². The van der Waals surface area contributed by atoms with E-state index >= 15 is 0 Å². The predicted molar refractivity (Wildman–Crippen MR) is 67.4 cm³/mol. The van der Waals surface area contributed by atoms with Crippen molar-refractivity contribution in [2.24, 2.45) is 0 Å². The molecule has 0 unspecified atom stereocenters. The van der Waals surface area contributed by atoms with Crippen LogP contribution in [-0.2, 0) is 12.8 Å². The molecular formula is C15H14FNO. The fourth-order valence-electron chi connectivity index (χ4n) is 2.36. The zero-order valence-corrected chi connectivity index (χ0v) is 10.0. The van der Waals surface area contributed by atoms with E-state index in [-0.39, 0.29) is 0 Å². The largest absolute Gasteiger partial charge is 0.457 e. The Labute approximate surface area is 105 Å². The van der Waals surface area contributed by atoms with Crippen LogP contribution in [0.1, 0.15) is 24.0 Å². The lowest BCUT2D eigenvalue weighted by atomic mass is 9.92. The standard InChI is InChI=1S/C15H14FNO/c16-15-10-14(7-8-17-15)18-13-6-5-11-3-1-2-4-12(11)9-13/h5-10H,1-4H2. The highest BCUT2D eigenvalue weighted by Gasteiger charge is 2.10. The van der Waals surface area contributed by atoms with Crippen molar-refractivity contribution >= 4 is 0 Å². The molecule has 3 heteroatoms. The van der Waals surface area contributed by atoms with E-state index in [1.165, 1.54) is 36.2 Å². The molecule has 2 nitrogen and oxygen atoms in total. The minimum atomic E-state index is -0.523. The number of ether oxygens (including phenoxy) is 1. The van der Waals surface area contributed by atoms with Crippen LogP contribution in [0.3, 0.4) is 0 Å². The molecule has 0 atom stereocenters. The van der Waals surface area contributed by atoms with Crippen LogP contribution in [-0.4, -0.2) is 4.98 Å². The van der Waals surface area contributed by atoms with E-state index in [1.54, 1.807) is 6.07 Å². The molecule has 1 aromatic carbocycles. The Morgan fingerprint density at radius 2 is 1.72 bits per heavy atom. The summed E-state index contributed by atoms with van der Waals surface area (Å²) in [6, 6.07) is 9.07. The van der Waals surface area contributed by atoms with Crippen molar-refractivity contribution in [1.29, 1.82) is 0 Å². The minimum absolute atomic E-state index is 0.484. The molecule has 0 aliphatic heterocycles. The van der Waals surface area contributed by atoms with Gasteiger partial charge in [-0.1, -0.05) is 6.07 Å². The van der Waals surface area contributed by atoms with E-state index in [0.717, 1.165) is 18.6 Å². The number of aromatic nitrogens is 1. The first-order valence-corrected chi connectivity index (χ1v) is 6.22. The number of rotatable bonds is 2. The lowest BCUT2D eigenvalue weighted by molar-refractivity contribution is 0.470. The first-order valence-electron chi connectivity index (χ1n) is 6.22. The van der Waals surface area contributed by atoms with Gasteiger partial charge >= 0.3 is 0 Å². The van der Waals surface area contributed by atoms with Crippen LogP contribution in [0.2, 0.25) is 0 Å². The van der Waals surface area contributed by atoms with Crippen LogP contribution in [0.4, 0.5) is 4.39 Å². The summed E-state index contributed by atoms with van der Waals surface area (Å²) in [4.78, 5) is 3.51. The Hall–Kier alpha value is -1.90. The average molecular weight is 243 g/mol. The fraction of sp³-hybridized carbons (Fsp3) is 0.267. The van der Waals surface area contributed by atoms with Gasteiger partial charge in [0.25, 0.3) is 0 Å². The molecule has 0 amide bonds.